The molecule has 1 aliphatic carbocycles. The molecular weight excluding hydrogens is 264 g/mol. The van der Waals surface area contributed by atoms with Crippen molar-refractivity contribution in [2.75, 3.05) is 0 Å². The Labute approximate surface area is 123 Å². The van der Waals surface area contributed by atoms with Crippen LogP contribution in [0.25, 0.3) is 0 Å². The van der Waals surface area contributed by atoms with Crippen LogP contribution in [0.15, 0.2) is 60.7 Å². The summed E-state index contributed by atoms with van der Waals surface area (Å²) in [6.45, 7) is 0. The molecule has 2 aromatic rings. The van der Waals surface area contributed by atoms with Gasteiger partial charge in [0.2, 0.25) is 5.78 Å². The van der Waals surface area contributed by atoms with Crippen LogP contribution in [0.4, 0.5) is 0 Å². The molecule has 2 aromatic carbocycles. The Morgan fingerprint density at radius 3 is 1.48 bits per heavy atom. The molecule has 0 amide bonds. The highest BCUT2D eigenvalue weighted by molar-refractivity contribution is 5.96. The van der Waals surface area contributed by atoms with Gasteiger partial charge in [0, 0.05) is 0 Å². The topological polar surface area (TPSA) is 57.5 Å². The molecule has 1 saturated carbocycles. The zero-order chi connectivity index (χ0) is 14.9. The van der Waals surface area contributed by atoms with Crippen LogP contribution in [0, 0.1) is 0 Å². The monoisotopic (exact) mass is 282 g/mol. The molecule has 0 spiro atoms. The Balaban J connectivity index is 2.05. The third-order valence-corrected chi connectivity index (χ3v) is 4.33. The Morgan fingerprint density at radius 2 is 1.10 bits per heavy atom. The lowest BCUT2D eigenvalue weighted by atomic mass is 9.68. The summed E-state index contributed by atoms with van der Waals surface area (Å²) in [5.41, 5.74) is -2.15. The molecule has 2 atom stereocenters. The number of ketones is 1. The van der Waals surface area contributed by atoms with Crippen molar-refractivity contribution >= 4 is 5.78 Å². The highest BCUT2D eigenvalue weighted by Crippen LogP contribution is 2.43. The lowest BCUT2D eigenvalue weighted by Gasteiger charge is -2.41. The summed E-state index contributed by atoms with van der Waals surface area (Å²) in [5, 5.41) is 21.8. The average Bonchev–Trinajstić information content (AvgIpc) is 2.54. The number of aliphatic hydroxyl groups is 2. The fourth-order valence-electron chi connectivity index (χ4n) is 3.15. The molecule has 2 N–H and O–H groups in total. The number of carbonyl (C=O) groups is 1. The fraction of sp³-hybridized carbons (Fsp3) is 0.278. The lowest BCUT2D eigenvalue weighted by Crippen LogP contribution is -2.52. The van der Waals surface area contributed by atoms with Crippen molar-refractivity contribution in [2.45, 2.75) is 30.5 Å². The number of carbonyl (C=O) groups excluding carboxylic acids is 1. The van der Waals surface area contributed by atoms with Crippen molar-refractivity contribution < 1.29 is 15.0 Å². The molecule has 0 saturated heterocycles. The molecule has 0 aliphatic heterocycles. The van der Waals surface area contributed by atoms with Crippen molar-refractivity contribution in [1.82, 2.24) is 0 Å². The van der Waals surface area contributed by atoms with E-state index in [2.05, 4.69) is 0 Å². The molecule has 21 heavy (non-hydrogen) atoms. The van der Waals surface area contributed by atoms with E-state index in [1.165, 1.54) is 0 Å². The summed E-state index contributed by atoms with van der Waals surface area (Å²) in [5.74, 6) is -0.529. The second kappa shape index (κ2) is 5.10. The van der Waals surface area contributed by atoms with E-state index in [0.717, 1.165) is 0 Å². The van der Waals surface area contributed by atoms with Gasteiger partial charge in [0.05, 0.1) is 0 Å². The minimum atomic E-state index is -1.62. The minimum absolute atomic E-state index is 0.338. The zero-order valence-corrected chi connectivity index (χ0v) is 11.7. The first-order valence-corrected chi connectivity index (χ1v) is 7.18. The Bertz CT molecular complexity index is 583. The molecule has 0 heterocycles. The SMILES string of the molecule is O=C1C(O)(c2ccccc2)CCCC1(O)c1ccccc1. The Morgan fingerprint density at radius 1 is 0.714 bits per heavy atom. The van der Waals surface area contributed by atoms with Crippen molar-refractivity contribution in [3.05, 3.63) is 71.8 Å². The van der Waals surface area contributed by atoms with Crippen LogP contribution >= 0.6 is 0 Å². The van der Waals surface area contributed by atoms with Crippen LogP contribution < -0.4 is 0 Å². The van der Waals surface area contributed by atoms with Gasteiger partial charge in [-0.15, -0.1) is 0 Å². The lowest BCUT2D eigenvalue weighted by molar-refractivity contribution is -0.168. The van der Waals surface area contributed by atoms with Crippen LogP contribution in [0.5, 0.6) is 0 Å². The van der Waals surface area contributed by atoms with Gasteiger partial charge in [-0.05, 0) is 30.4 Å². The maximum absolute atomic E-state index is 12.9. The second-order valence-electron chi connectivity index (χ2n) is 5.64. The molecule has 108 valence electrons. The maximum Gasteiger partial charge on any atom is 0.204 e. The molecule has 0 radical (unpaired) electrons. The average molecular weight is 282 g/mol. The minimum Gasteiger partial charge on any atom is -0.377 e. The highest BCUT2D eigenvalue weighted by atomic mass is 16.3. The molecular formula is C18H18O3. The van der Waals surface area contributed by atoms with Gasteiger partial charge in [0.15, 0.2) is 11.2 Å². The van der Waals surface area contributed by atoms with E-state index < -0.39 is 17.0 Å². The van der Waals surface area contributed by atoms with Gasteiger partial charge in [-0.25, -0.2) is 0 Å². The fourth-order valence-corrected chi connectivity index (χ4v) is 3.15. The summed E-state index contributed by atoms with van der Waals surface area (Å²) in [4.78, 5) is 12.9. The largest absolute Gasteiger partial charge is 0.377 e. The van der Waals surface area contributed by atoms with E-state index >= 15 is 0 Å². The summed E-state index contributed by atoms with van der Waals surface area (Å²) in [6, 6.07) is 17.8. The second-order valence-corrected chi connectivity index (χ2v) is 5.64. The van der Waals surface area contributed by atoms with E-state index in [9.17, 15) is 15.0 Å². The smallest absolute Gasteiger partial charge is 0.204 e. The molecule has 3 nitrogen and oxygen atoms in total. The van der Waals surface area contributed by atoms with Gasteiger partial charge in [0.1, 0.15) is 0 Å². The van der Waals surface area contributed by atoms with E-state index in [4.69, 9.17) is 0 Å². The number of hydrogen-bond acceptors (Lipinski definition) is 3. The van der Waals surface area contributed by atoms with Gasteiger partial charge < -0.3 is 10.2 Å². The number of benzene rings is 2. The predicted molar refractivity (Wildman–Crippen MR) is 79.5 cm³/mol. The van der Waals surface area contributed by atoms with Crippen LogP contribution in [0.2, 0.25) is 0 Å². The van der Waals surface area contributed by atoms with Gasteiger partial charge in [-0.1, -0.05) is 60.7 Å². The third kappa shape index (κ3) is 2.19. The molecule has 3 rings (SSSR count). The standard InChI is InChI=1S/C18H18O3/c19-16-17(20,14-8-3-1-4-9-14)12-7-13-18(16,21)15-10-5-2-6-11-15/h1-6,8-11,20-21H,7,12-13H2. The van der Waals surface area contributed by atoms with Crippen molar-refractivity contribution in [1.29, 1.82) is 0 Å². The number of hydrogen-bond donors (Lipinski definition) is 2. The third-order valence-electron chi connectivity index (χ3n) is 4.33. The summed E-state index contributed by atoms with van der Waals surface area (Å²) in [7, 11) is 0. The molecule has 1 aliphatic rings. The van der Waals surface area contributed by atoms with Gasteiger partial charge >= 0.3 is 0 Å². The van der Waals surface area contributed by atoms with Crippen LogP contribution in [0.3, 0.4) is 0 Å². The van der Waals surface area contributed by atoms with Crippen molar-refractivity contribution in [3.8, 4) is 0 Å². The van der Waals surface area contributed by atoms with Crippen LogP contribution in [-0.2, 0) is 16.0 Å². The van der Waals surface area contributed by atoms with E-state index in [1.54, 1.807) is 48.5 Å². The first-order chi connectivity index (χ1) is 10.1. The molecule has 2 unspecified atom stereocenters. The van der Waals surface area contributed by atoms with Gasteiger partial charge in [0.25, 0.3) is 0 Å². The summed E-state index contributed by atoms with van der Waals surface area (Å²) < 4.78 is 0. The molecule has 3 heteroatoms. The summed E-state index contributed by atoms with van der Waals surface area (Å²) >= 11 is 0. The van der Waals surface area contributed by atoms with Crippen molar-refractivity contribution in [2.24, 2.45) is 0 Å². The highest BCUT2D eigenvalue weighted by Gasteiger charge is 2.53. The number of Topliss-reactive ketones (excluding diaryl/α,β-unsaturated/α-hetero) is 1. The summed E-state index contributed by atoms with van der Waals surface area (Å²) in [6.07, 6.45) is 1.26. The Hall–Kier alpha value is -1.97. The number of rotatable bonds is 2. The first-order valence-electron chi connectivity index (χ1n) is 7.18. The van der Waals surface area contributed by atoms with Crippen LogP contribution in [0.1, 0.15) is 30.4 Å². The van der Waals surface area contributed by atoms with E-state index in [1.807, 2.05) is 12.1 Å². The van der Waals surface area contributed by atoms with Gasteiger partial charge in [-0.3, -0.25) is 4.79 Å². The zero-order valence-electron chi connectivity index (χ0n) is 11.7. The first kappa shape index (κ1) is 14.0. The molecule has 1 fully saturated rings. The normalized spacial score (nSPS) is 29.3. The molecule has 0 bridgehead atoms. The quantitative estimate of drug-likeness (QED) is 0.890. The molecule has 0 aromatic heterocycles. The van der Waals surface area contributed by atoms with E-state index in [-0.39, 0.29) is 0 Å². The maximum atomic E-state index is 12.9. The van der Waals surface area contributed by atoms with Crippen LogP contribution in [-0.4, -0.2) is 16.0 Å². The van der Waals surface area contributed by atoms with E-state index in [0.29, 0.717) is 30.4 Å². The van der Waals surface area contributed by atoms with Crippen molar-refractivity contribution in [3.63, 3.8) is 0 Å². The van der Waals surface area contributed by atoms with Gasteiger partial charge in [-0.2, -0.15) is 0 Å². The Kier molecular flexibility index (Phi) is 3.40. The predicted octanol–water partition coefficient (Wildman–Crippen LogP) is 2.52.